The van der Waals surface area contributed by atoms with E-state index in [9.17, 15) is 14.4 Å². The summed E-state index contributed by atoms with van der Waals surface area (Å²) in [7, 11) is 1.48. The van der Waals surface area contributed by atoms with Gasteiger partial charge in [0.05, 0.1) is 18.4 Å². The van der Waals surface area contributed by atoms with E-state index in [4.69, 9.17) is 16.3 Å². The maximum atomic E-state index is 12.9. The number of carbonyl (C=O) groups excluding carboxylic acids is 3. The number of amides is 3. The molecule has 0 radical (unpaired) electrons. The van der Waals surface area contributed by atoms with Gasteiger partial charge in [0.2, 0.25) is 5.91 Å². The summed E-state index contributed by atoms with van der Waals surface area (Å²) in [4.78, 5) is 37.6. The van der Waals surface area contributed by atoms with Crippen molar-refractivity contribution in [1.82, 2.24) is 0 Å². The second kappa shape index (κ2) is 7.01. The number of carbonyl (C=O) groups is 3. The van der Waals surface area contributed by atoms with E-state index in [1.165, 1.54) is 14.0 Å². The Hall–Kier alpha value is -3.12. The number of para-hydroxylation sites is 1. The minimum atomic E-state index is -0.607. The van der Waals surface area contributed by atoms with Crippen LogP contribution in [-0.4, -0.2) is 24.8 Å². The van der Waals surface area contributed by atoms with Gasteiger partial charge in [0, 0.05) is 18.2 Å². The van der Waals surface area contributed by atoms with Crippen LogP contribution in [0.5, 0.6) is 5.75 Å². The third-order valence-corrected chi connectivity index (χ3v) is 4.20. The fourth-order valence-electron chi connectivity index (χ4n) is 2.72. The van der Waals surface area contributed by atoms with Crippen LogP contribution >= 0.6 is 11.6 Å². The van der Waals surface area contributed by atoms with Crippen molar-refractivity contribution in [2.75, 3.05) is 17.3 Å². The van der Waals surface area contributed by atoms with Gasteiger partial charge >= 0.3 is 0 Å². The van der Waals surface area contributed by atoms with Crippen LogP contribution < -0.4 is 15.0 Å². The number of anilines is 2. The van der Waals surface area contributed by atoms with Gasteiger partial charge in [-0.05, 0) is 30.3 Å². The molecule has 7 heteroatoms. The van der Waals surface area contributed by atoms with Crippen LogP contribution in [0.3, 0.4) is 0 Å². The second-order valence-corrected chi connectivity index (χ2v) is 5.94. The smallest absolute Gasteiger partial charge is 0.277 e. The standard InChI is InChI=1S/C19H15ClN2O4/c1-11(23)21-12-7-9-13(10-8-12)22-18(24)16(17(20)19(22)25)14-5-3-4-6-15(14)26-2/h3-10H,1-2H3,(H,21,23). The second-order valence-electron chi connectivity index (χ2n) is 5.56. The van der Waals surface area contributed by atoms with Crippen molar-refractivity contribution in [2.24, 2.45) is 0 Å². The summed E-state index contributed by atoms with van der Waals surface area (Å²) in [6, 6.07) is 13.2. The molecular formula is C19H15ClN2O4. The number of hydrogen-bond donors (Lipinski definition) is 1. The third-order valence-electron chi connectivity index (χ3n) is 3.85. The maximum absolute atomic E-state index is 12.9. The van der Waals surface area contributed by atoms with Gasteiger partial charge in [-0.15, -0.1) is 0 Å². The van der Waals surface area contributed by atoms with E-state index >= 15 is 0 Å². The Morgan fingerprint density at radius 3 is 2.31 bits per heavy atom. The summed E-state index contributed by atoms with van der Waals surface area (Å²) >= 11 is 6.19. The number of ether oxygens (including phenoxy) is 1. The molecule has 1 aliphatic heterocycles. The summed E-state index contributed by atoms with van der Waals surface area (Å²) in [6.45, 7) is 1.39. The van der Waals surface area contributed by atoms with Crippen molar-refractivity contribution < 1.29 is 19.1 Å². The minimum absolute atomic E-state index is 0.0973. The average Bonchev–Trinajstić information content (AvgIpc) is 2.84. The normalized spacial score (nSPS) is 14.0. The Morgan fingerprint density at radius 1 is 1.04 bits per heavy atom. The highest BCUT2D eigenvalue weighted by atomic mass is 35.5. The molecule has 0 fully saturated rings. The average molecular weight is 371 g/mol. The van der Waals surface area contributed by atoms with Gasteiger partial charge in [0.25, 0.3) is 11.8 Å². The zero-order valence-corrected chi connectivity index (χ0v) is 14.8. The van der Waals surface area contributed by atoms with Gasteiger partial charge in [0.15, 0.2) is 0 Å². The van der Waals surface area contributed by atoms with Gasteiger partial charge in [-0.2, -0.15) is 0 Å². The third kappa shape index (κ3) is 3.07. The number of hydrogen-bond acceptors (Lipinski definition) is 4. The van der Waals surface area contributed by atoms with E-state index in [0.717, 1.165) is 4.90 Å². The Bertz CT molecular complexity index is 935. The van der Waals surface area contributed by atoms with E-state index < -0.39 is 11.8 Å². The van der Waals surface area contributed by atoms with Crippen LogP contribution in [0.15, 0.2) is 53.6 Å². The number of rotatable bonds is 4. The molecule has 0 bridgehead atoms. The highest BCUT2D eigenvalue weighted by Crippen LogP contribution is 2.38. The van der Waals surface area contributed by atoms with Crippen molar-refractivity contribution in [2.45, 2.75) is 6.92 Å². The minimum Gasteiger partial charge on any atom is -0.496 e. The fraction of sp³-hybridized carbons (Fsp3) is 0.105. The molecule has 0 aromatic heterocycles. The van der Waals surface area contributed by atoms with Gasteiger partial charge in [-0.1, -0.05) is 29.8 Å². The summed E-state index contributed by atoms with van der Waals surface area (Å²) in [5.74, 6) is -0.902. The van der Waals surface area contributed by atoms with Crippen LogP contribution in [0.2, 0.25) is 0 Å². The van der Waals surface area contributed by atoms with Crippen molar-refractivity contribution in [3.8, 4) is 5.75 Å². The number of methoxy groups -OCH3 is 1. The molecule has 0 aliphatic carbocycles. The molecule has 2 aromatic carbocycles. The molecule has 3 rings (SSSR count). The van der Waals surface area contributed by atoms with Crippen LogP contribution in [0, 0.1) is 0 Å². The van der Waals surface area contributed by atoms with E-state index in [-0.39, 0.29) is 16.5 Å². The number of halogens is 1. The monoisotopic (exact) mass is 370 g/mol. The zero-order chi connectivity index (χ0) is 18.8. The molecule has 0 atom stereocenters. The SMILES string of the molecule is COc1ccccc1C1=C(Cl)C(=O)N(c2ccc(NC(C)=O)cc2)C1=O. The van der Waals surface area contributed by atoms with E-state index in [2.05, 4.69) is 5.32 Å². The number of imide groups is 1. The van der Waals surface area contributed by atoms with Crippen LogP contribution in [0.4, 0.5) is 11.4 Å². The highest BCUT2D eigenvalue weighted by Gasteiger charge is 2.40. The first-order valence-electron chi connectivity index (χ1n) is 7.73. The summed E-state index contributed by atoms with van der Waals surface area (Å²) < 4.78 is 5.27. The summed E-state index contributed by atoms with van der Waals surface area (Å²) in [6.07, 6.45) is 0. The molecule has 6 nitrogen and oxygen atoms in total. The van der Waals surface area contributed by atoms with Crippen molar-refractivity contribution in [3.63, 3.8) is 0 Å². The fourth-order valence-corrected chi connectivity index (χ4v) is 2.99. The molecule has 132 valence electrons. The van der Waals surface area contributed by atoms with Gasteiger partial charge < -0.3 is 10.1 Å². The molecule has 26 heavy (non-hydrogen) atoms. The van der Waals surface area contributed by atoms with Crippen molar-refractivity contribution in [1.29, 1.82) is 0 Å². The molecule has 0 spiro atoms. The Labute approximate surface area is 155 Å². The van der Waals surface area contributed by atoms with Crippen LogP contribution in [-0.2, 0) is 14.4 Å². The first-order chi connectivity index (χ1) is 12.4. The lowest BCUT2D eigenvalue weighted by Gasteiger charge is -2.16. The van der Waals surface area contributed by atoms with E-state index in [1.807, 2.05) is 0 Å². The number of nitrogens with one attached hydrogen (secondary N) is 1. The molecule has 0 saturated heterocycles. The molecule has 1 N–H and O–H groups in total. The summed E-state index contributed by atoms with van der Waals surface area (Å²) in [5, 5.41) is 2.46. The topological polar surface area (TPSA) is 75.7 Å². The lowest BCUT2D eigenvalue weighted by atomic mass is 10.0. The van der Waals surface area contributed by atoms with Crippen molar-refractivity contribution >= 4 is 46.3 Å². The maximum Gasteiger partial charge on any atom is 0.277 e. The zero-order valence-electron chi connectivity index (χ0n) is 14.1. The van der Waals surface area contributed by atoms with E-state index in [1.54, 1.807) is 48.5 Å². The van der Waals surface area contributed by atoms with Gasteiger partial charge in [-0.25, -0.2) is 4.90 Å². The van der Waals surface area contributed by atoms with Gasteiger partial charge in [0.1, 0.15) is 10.8 Å². The predicted octanol–water partition coefficient (Wildman–Crippen LogP) is 3.18. The molecule has 2 aromatic rings. The first-order valence-corrected chi connectivity index (χ1v) is 8.11. The molecule has 1 heterocycles. The van der Waals surface area contributed by atoms with Crippen LogP contribution in [0.1, 0.15) is 12.5 Å². The van der Waals surface area contributed by atoms with E-state index in [0.29, 0.717) is 22.7 Å². The highest BCUT2D eigenvalue weighted by molar-refractivity contribution is 6.60. The Kier molecular flexibility index (Phi) is 4.77. The van der Waals surface area contributed by atoms with Crippen LogP contribution in [0.25, 0.3) is 5.57 Å². The number of nitrogens with zero attached hydrogens (tertiary/aromatic N) is 1. The lowest BCUT2D eigenvalue weighted by Crippen LogP contribution is -2.31. The largest absolute Gasteiger partial charge is 0.496 e. The Morgan fingerprint density at radius 2 is 1.69 bits per heavy atom. The van der Waals surface area contributed by atoms with Crippen molar-refractivity contribution in [3.05, 3.63) is 59.1 Å². The first kappa shape index (κ1) is 17.7. The molecule has 0 unspecified atom stereocenters. The molecule has 0 saturated carbocycles. The lowest BCUT2D eigenvalue weighted by molar-refractivity contribution is -0.120. The quantitative estimate of drug-likeness (QED) is 0.839. The molecule has 1 aliphatic rings. The predicted molar refractivity (Wildman–Crippen MR) is 99.0 cm³/mol. The Balaban J connectivity index is 1.97. The summed E-state index contributed by atoms with van der Waals surface area (Å²) in [5.41, 5.74) is 1.47. The molecular weight excluding hydrogens is 356 g/mol. The van der Waals surface area contributed by atoms with Gasteiger partial charge in [-0.3, -0.25) is 14.4 Å². The number of benzene rings is 2. The molecule has 3 amide bonds.